The predicted octanol–water partition coefficient (Wildman–Crippen LogP) is 2.70. The van der Waals surface area contributed by atoms with Crippen LogP contribution in [-0.4, -0.2) is 44.3 Å². The van der Waals surface area contributed by atoms with Crippen LogP contribution in [0.2, 0.25) is 0 Å². The summed E-state index contributed by atoms with van der Waals surface area (Å²) in [6.45, 7) is 4.13. The third-order valence-electron chi connectivity index (χ3n) is 4.53. The Kier molecular flexibility index (Phi) is 4.04. The molecule has 0 radical (unpaired) electrons. The lowest BCUT2D eigenvalue weighted by atomic mass is 9.90. The van der Waals surface area contributed by atoms with Gasteiger partial charge in [0.05, 0.1) is 0 Å². The van der Waals surface area contributed by atoms with Crippen LogP contribution in [0, 0.1) is 0 Å². The van der Waals surface area contributed by atoms with Gasteiger partial charge in [-0.05, 0) is 37.9 Å². The summed E-state index contributed by atoms with van der Waals surface area (Å²) in [6, 6.07) is 9.47. The van der Waals surface area contributed by atoms with Gasteiger partial charge in [0.1, 0.15) is 0 Å². The summed E-state index contributed by atoms with van der Waals surface area (Å²) in [4.78, 5) is 2.55. The molecular weight excluding hydrogens is 236 g/mol. The molecule has 2 heterocycles. The van der Waals surface area contributed by atoms with Gasteiger partial charge in [-0.1, -0.05) is 18.2 Å². The molecule has 2 aliphatic rings. The number of rotatable bonds is 3. The summed E-state index contributed by atoms with van der Waals surface area (Å²) in [6.07, 6.45) is 3.61. The number of para-hydroxylation sites is 1. The average Bonchev–Trinajstić information content (AvgIpc) is 2.48. The fraction of sp³-hybridized carbons (Fsp3) is 0.625. The Morgan fingerprint density at radius 2 is 2.00 bits per heavy atom. The van der Waals surface area contributed by atoms with Gasteiger partial charge in [0.15, 0.2) is 0 Å². The molecule has 0 amide bonds. The minimum atomic E-state index is 0.672. The molecule has 1 fully saturated rings. The van der Waals surface area contributed by atoms with E-state index in [4.69, 9.17) is 4.74 Å². The van der Waals surface area contributed by atoms with E-state index in [0.29, 0.717) is 12.0 Å². The maximum absolute atomic E-state index is 5.46. The van der Waals surface area contributed by atoms with Crippen LogP contribution in [0.3, 0.4) is 0 Å². The molecule has 0 aliphatic carbocycles. The second-order valence-electron chi connectivity index (χ2n) is 5.78. The smallest absolute Gasteiger partial charge is 0.0480 e. The molecule has 1 atom stereocenters. The van der Waals surface area contributed by atoms with Gasteiger partial charge in [-0.25, -0.2) is 0 Å². The SMILES string of the molecule is CN(CC1CCNc2ccccc21)C1CCOCC1. The molecule has 0 bridgehead atoms. The van der Waals surface area contributed by atoms with E-state index in [1.165, 1.54) is 37.1 Å². The van der Waals surface area contributed by atoms with E-state index in [9.17, 15) is 0 Å². The molecule has 19 heavy (non-hydrogen) atoms. The van der Waals surface area contributed by atoms with Gasteiger partial charge in [0.25, 0.3) is 0 Å². The van der Waals surface area contributed by atoms with Crippen molar-refractivity contribution in [2.24, 2.45) is 0 Å². The second kappa shape index (κ2) is 5.93. The van der Waals surface area contributed by atoms with Crippen molar-refractivity contribution in [2.75, 3.05) is 38.7 Å². The Morgan fingerprint density at radius 3 is 2.84 bits per heavy atom. The molecule has 1 unspecified atom stereocenters. The monoisotopic (exact) mass is 260 g/mol. The molecule has 3 nitrogen and oxygen atoms in total. The van der Waals surface area contributed by atoms with E-state index in [1.807, 2.05) is 0 Å². The summed E-state index contributed by atoms with van der Waals surface area (Å²) in [5, 5.41) is 3.51. The van der Waals surface area contributed by atoms with Crippen LogP contribution in [0.15, 0.2) is 24.3 Å². The van der Waals surface area contributed by atoms with Crippen molar-refractivity contribution in [3.63, 3.8) is 0 Å². The highest BCUT2D eigenvalue weighted by atomic mass is 16.5. The second-order valence-corrected chi connectivity index (χ2v) is 5.78. The molecular formula is C16H24N2O. The predicted molar refractivity (Wildman–Crippen MR) is 78.8 cm³/mol. The maximum Gasteiger partial charge on any atom is 0.0480 e. The number of fused-ring (bicyclic) bond motifs is 1. The Bertz CT molecular complexity index is 415. The minimum absolute atomic E-state index is 0.672. The first-order valence-electron chi connectivity index (χ1n) is 7.45. The van der Waals surface area contributed by atoms with Crippen LogP contribution in [0.25, 0.3) is 0 Å². The van der Waals surface area contributed by atoms with Crippen molar-refractivity contribution >= 4 is 5.69 Å². The van der Waals surface area contributed by atoms with Crippen molar-refractivity contribution in [3.05, 3.63) is 29.8 Å². The number of nitrogens with one attached hydrogen (secondary N) is 1. The zero-order valence-corrected chi connectivity index (χ0v) is 11.8. The van der Waals surface area contributed by atoms with Crippen molar-refractivity contribution in [1.29, 1.82) is 0 Å². The van der Waals surface area contributed by atoms with Gasteiger partial charge >= 0.3 is 0 Å². The fourth-order valence-corrected chi connectivity index (χ4v) is 3.36. The highest BCUT2D eigenvalue weighted by Gasteiger charge is 2.24. The quantitative estimate of drug-likeness (QED) is 0.904. The molecule has 1 aromatic carbocycles. The lowest BCUT2D eigenvalue weighted by Crippen LogP contribution is -2.39. The highest BCUT2D eigenvalue weighted by molar-refractivity contribution is 5.54. The van der Waals surface area contributed by atoms with Crippen molar-refractivity contribution in [1.82, 2.24) is 4.90 Å². The van der Waals surface area contributed by atoms with Crippen LogP contribution < -0.4 is 5.32 Å². The highest BCUT2D eigenvalue weighted by Crippen LogP contribution is 2.32. The maximum atomic E-state index is 5.46. The first-order valence-corrected chi connectivity index (χ1v) is 7.45. The summed E-state index contributed by atoms with van der Waals surface area (Å²) in [5.74, 6) is 0.672. The molecule has 0 spiro atoms. The molecule has 1 N–H and O–H groups in total. The molecule has 0 aromatic heterocycles. The molecule has 1 aromatic rings. The first kappa shape index (κ1) is 12.9. The Hall–Kier alpha value is -1.06. The standard InChI is InChI=1S/C16H24N2O/c1-18(14-7-10-19-11-8-14)12-13-6-9-17-16-5-3-2-4-15(13)16/h2-5,13-14,17H,6-12H2,1H3. The van der Waals surface area contributed by atoms with Crippen molar-refractivity contribution < 1.29 is 4.74 Å². The van der Waals surface area contributed by atoms with Crippen LogP contribution in [-0.2, 0) is 4.74 Å². The van der Waals surface area contributed by atoms with E-state index >= 15 is 0 Å². The topological polar surface area (TPSA) is 24.5 Å². The van der Waals surface area contributed by atoms with Gasteiger partial charge in [-0.2, -0.15) is 0 Å². The first-order chi connectivity index (χ1) is 9.34. The number of nitrogens with zero attached hydrogens (tertiary/aromatic N) is 1. The largest absolute Gasteiger partial charge is 0.385 e. The zero-order valence-electron chi connectivity index (χ0n) is 11.8. The van der Waals surface area contributed by atoms with E-state index < -0.39 is 0 Å². The Morgan fingerprint density at radius 1 is 1.21 bits per heavy atom. The number of anilines is 1. The molecule has 1 saturated heterocycles. The van der Waals surface area contributed by atoms with Gasteiger partial charge < -0.3 is 15.0 Å². The number of benzene rings is 1. The van der Waals surface area contributed by atoms with E-state index in [1.54, 1.807) is 0 Å². The van der Waals surface area contributed by atoms with E-state index in [0.717, 1.165) is 19.8 Å². The van der Waals surface area contributed by atoms with Gasteiger partial charge in [-0.3, -0.25) is 0 Å². The van der Waals surface area contributed by atoms with Gasteiger partial charge in [0, 0.05) is 44.0 Å². The van der Waals surface area contributed by atoms with Crippen LogP contribution in [0.5, 0.6) is 0 Å². The molecule has 0 saturated carbocycles. The van der Waals surface area contributed by atoms with E-state index in [-0.39, 0.29) is 0 Å². The van der Waals surface area contributed by atoms with Crippen molar-refractivity contribution in [3.8, 4) is 0 Å². The Balaban J connectivity index is 1.66. The fourth-order valence-electron chi connectivity index (χ4n) is 3.36. The van der Waals surface area contributed by atoms with Crippen LogP contribution in [0.1, 0.15) is 30.7 Å². The minimum Gasteiger partial charge on any atom is -0.385 e. The third kappa shape index (κ3) is 2.93. The lowest BCUT2D eigenvalue weighted by Gasteiger charge is -2.35. The Labute approximate surface area is 115 Å². The van der Waals surface area contributed by atoms with Crippen molar-refractivity contribution in [2.45, 2.75) is 31.2 Å². The third-order valence-corrected chi connectivity index (χ3v) is 4.53. The average molecular weight is 260 g/mol. The van der Waals surface area contributed by atoms with Gasteiger partial charge in [0.2, 0.25) is 0 Å². The zero-order chi connectivity index (χ0) is 13.1. The molecule has 3 heteroatoms. The molecule has 2 aliphatic heterocycles. The number of hydrogen-bond donors (Lipinski definition) is 1. The summed E-state index contributed by atoms with van der Waals surface area (Å²) in [7, 11) is 2.28. The molecule has 104 valence electrons. The van der Waals surface area contributed by atoms with E-state index in [2.05, 4.69) is 41.5 Å². The van der Waals surface area contributed by atoms with Crippen LogP contribution >= 0.6 is 0 Å². The normalized spacial score (nSPS) is 24.0. The number of ether oxygens (including phenoxy) is 1. The summed E-state index contributed by atoms with van der Waals surface area (Å²) < 4.78 is 5.46. The van der Waals surface area contributed by atoms with Crippen LogP contribution in [0.4, 0.5) is 5.69 Å². The number of hydrogen-bond acceptors (Lipinski definition) is 3. The van der Waals surface area contributed by atoms with Gasteiger partial charge in [-0.15, -0.1) is 0 Å². The molecule has 3 rings (SSSR count). The summed E-state index contributed by atoms with van der Waals surface area (Å²) in [5.41, 5.74) is 2.83. The summed E-state index contributed by atoms with van der Waals surface area (Å²) >= 11 is 0. The lowest BCUT2D eigenvalue weighted by molar-refractivity contribution is 0.0409. The number of likely N-dealkylation sites (N-methyl/N-ethyl adjacent to an activating group) is 1.